The Morgan fingerprint density at radius 1 is 1.00 bits per heavy atom. The Bertz CT molecular complexity index is 351. The van der Waals surface area contributed by atoms with E-state index in [0.29, 0.717) is 0 Å². The van der Waals surface area contributed by atoms with Crippen molar-refractivity contribution < 1.29 is 8.85 Å². The molecule has 1 N–H and O–H groups in total. The van der Waals surface area contributed by atoms with E-state index in [1.165, 1.54) is 5.56 Å². The third-order valence-corrected chi connectivity index (χ3v) is 6.27. The van der Waals surface area contributed by atoms with Crippen LogP contribution >= 0.6 is 0 Å². The van der Waals surface area contributed by atoms with Gasteiger partial charge in [-0.15, -0.1) is 0 Å². The molecule has 1 aromatic rings. The third kappa shape index (κ3) is 8.36. The summed E-state index contributed by atoms with van der Waals surface area (Å²) in [6, 6.07) is 11.6. The van der Waals surface area contributed by atoms with E-state index in [-0.39, 0.29) is 0 Å². The van der Waals surface area contributed by atoms with Crippen LogP contribution in [0.1, 0.15) is 38.7 Å². The molecule has 0 aromatic heterocycles. The minimum absolute atomic E-state index is 0.823. The van der Waals surface area contributed by atoms with E-state index in [4.69, 9.17) is 8.85 Å². The summed E-state index contributed by atoms with van der Waals surface area (Å²) in [7, 11) is -1.96. The molecule has 0 saturated heterocycles. The van der Waals surface area contributed by atoms with E-state index in [1.54, 1.807) is 0 Å². The van der Waals surface area contributed by atoms with Gasteiger partial charge in [-0.05, 0) is 44.0 Å². The Kier molecular flexibility index (Phi) is 9.59. The molecule has 0 bridgehead atoms. The molecule has 0 saturated carbocycles. The molecule has 0 aliphatic carbocycles. The molecule has 0 spiro atoms. The van der Waals surface area contributed by atoms with Crippen LogP contribution in [-0.4, -0.2) is 28.3 Å². The van der Waals surface area contributed by atoms with Crippen molar-refractivity contribution in [3.05, 3.63) is 35.9 Å². The molecule has 4 heteroatoms. The molecule has 120 valence electrons. The van der Waals surface area contributed by atoms with Crippen LogP contribution in [0.3, 0.4) is 0 Å². The van der Waals surface area contributed by atoms with Gasteiger partial charge in [-0.25, -0.2) is 0 Å². The molecule has 0 atom stereocenters. The fraction of sp³-hybridized carbons (Fsp3) is 0.647. The Labute approximate surface area is 131 Å². The molecule has 0 fully saturated rings. The summed E-state index contributed by atoms with van der Waals surface area (Å²) in [5.41, 5.74) is 1.34. The van der Waals surface area contributed by atoms with Crippen LogP contribution in [0.5, 0.6) is 0 Å². The maximum atomic E-state index is 6.03. The lowest BCUT2D eigenvalue weighted by Crippen LogP contribution is -2.39. The molecule has 0 aliphatic rings. The van der Waals surface area contributed by atoms with Crippen molar-refractivity contribution in [3.63, 3.8) is 0 Å². The highest BCUT2D eigenvalue weighted by Gasteiger charge is 2.30. The van der Waals surface area contributed by atoms with Crippen molar-refractivity contribution in [2.24, 2.45) is 0 Å². The average Bonchev–Trinajstić information content (AvgIpc) is 2.52. The lowest BCUT2D eigenvalue weighted by molar-refractivity contribution is 0.172. The highest BCUT2D eigenvalue weighted by molar-refractivity contribution is 6.66. The van der Waals surface area contributed by atoms with Crippen LogP contribution in [-0.2, 0) is 15.4 Å². The van der Waals surface area contributed by atoms with Gasteiger partial charge in [-0.2, -0.15) is 0 Å². The van der Waals surface area contributed by atoms with Crippen molar-refractivity contribution in [2.45, 2.75) is 52.2 Å². The Morgan fingerprint density at radius 3 is 2.19 bits per heavy atom. The predicted octanol–water partition coefficient (Wildman–Crippen LogP) is 4.09. The first kappa shape index (κ1) is 18.4. The number of nitrogens with one attached hydrogen (secondary N) is 1. The molecular formula is C17H31NO2Si. The van der Waals surface area contributed by atoms with Crippen LogP contribution in [0, 0.1) is 0 Å². The molecule has 0 radical (unpaired) electrons. The smallest absolute Gasteiger partial charge is 0.334 e. The number of hydrogen-bond donors (Lipinski definition) is 1. The topological polar surface area (TPSA) is 30.5 Å². The molecule has 1 rings (SSSR count). The second-order valence-electron chi connectivity index (χ2n) is 5.60. The van der Waals surface area contributed by atoms with E-state index in [0.717, 1.165) is 51.6 Å². The Balaban J connectivity index is 2.22. The second-order valence-corrected chi connectivity index (χ2v) is 8.94. The van der Waals surface area contributed by atoms with Crippen molar-refractivity contribution >= 4 is 8.56 Å². The molecular weight excluding hydrogens is 278 g/mol. The van der Waals surface area contributed by atoms with Gasteiger partial charge in [0.2, 0.25) is 0 Å². The number of benzene rings is 1. The van der Waals surface area contributed by atoms with Crippen molar-refractivity contribution in [2.75, 3.05) is 19.8 Å². The molecule has 3 nitrogen and oxygen atoms in total. The largest absolute Gasteiger partial charge is 0.394 e. The molecule has 0 heterocycles. The first-order valence-electron chi connectivity index (χ1n) is 8.22. The van der Waals surface area contributed by atoms with E-state index in [1.807, 2.05) is 0 Å². The number of hydrogen-bond acceptors (Lipinski definition) is 3. The molecule has 0 unspecified atom stereocenters. The monoisotopic (exact) mass is 309 g/mol. The zero-order valence-corrected chi connectivity index (χ0v) is 14.9. The van der Waals surface area contributed by atoms with Gasteiger partial charge < -0.3 is 14.2 Å². The zero-order valence-electron chi connectivity index (χ0n) is 13.9. The van der Waals surface area contributed by atoms with Gasteiger partial charge in [0.05, 0.1) is 0 Å². The summed E-state index contributed by atoms with van der Waals surface area (Å²) < 4.78 is 12.1. The highest BCUT2D eigenvalue weighted by Crippen LogP contribution is 2.16. The summed E-state index contributed by atoms with van der Waals surface area (Å²) in [6.45, 7) is 10.1. The van der Waals surface area contributed by atoms with Crippen LogP contribution in [0.15, 0.2) is 30.3 Å². The zero-order chi connectivity index (χ0) is 15.4. The third-order valence-electron chi connectivity index (χ3n) is 3.38. The normalized spacial score (nSPS) is 11.8. The Morgan fingerprint density at radius 2 is 1.62 bits per heavy atom. The standard InChI is InChI=1S/C17H31NO2Si/c1-4-13-19-21(3,20-14-5-2)15-9-12-18-16-17-10-7-6-8-11-17/h6-8,10-11,18H,4-5,9,12-16H2,1-3H3. The van der Waals surface area contributed by atoms with Gasteiger partial charge in [0, 0.05) is 19.8 Å². The first-order chi connectivity index (χ1) is 10.2. The lowest BCUT2D eigenvalue weighted by Gasteiger charge is -2.27. The van der Waals surface area contributed by atoms with Gasteiger partial charge in [0.15, 0.2) is 0 Å². The number of rotatable bonds is 12. The van der Waals surface area contributed by atoms with E-state index in [2.05, 4.69) is 56.0 Å². The fourth-order valence-corrected chi connectivity index (χ4v) is 4.65. The van der Waals surface area contributed by atoms with Crippen LogP contribution in [0.25, 0.3) is 0 Å². The van der Waals surface area contributed by atoms with Gasteiger partial charge in [-0.3, -0.25) is 0 Å². The van der Waals surface area contributed by atoms with E-state index in [9.17, 15) is 0 Å². The molecule has 0 amide bonds. The summed E-state index contributed by atoms with van der Waals surface area (Å²) >= 11 is 0. The second kappa shape index (κ2) is 11.0. The van der Waals surface area contributed by atoms with Crippen molar-refractivity contribution in [3.8, 4) is 0 Å². The Hall–Kier alpha value is -0.683. The molecule has 1 aromatic carbocycles. The minimum atomic E-state index is -1.96. The van der Waals surface area contributed by atoms with Gasteiger partial charge in [0.25, 0.3) is 0 Å². The van der Waals surface area contributed by atoms with Gasteiger partial charge in [-0.1, -0.05) is 44.2 Å². The van der Waals surface area contributed by atoms with Crippen LogP contribution in [0.2, 0.25) is 12.6 Å². The van der Waals surface area contributed by atoms with Crippen LogP contribution in [0.4, 0.5) is 0 Å². The summed E-state index contributed by atoms with van der Waals surface area (Å²) in [5, 5.41) is 3.50. The van der Waals surface area contributed by atoms with Gasteiger partial charge in [0.1, 0.15) is 0 Å². The minimum Gasteiger partial charge on any atom is -0.394 e. The maximum absolute atomic E-state index is 6.03. The van der Waals surface area contributed by atoms with E-state index >= 15 is 0 Å². The first-order valence-corrected chi connectivity index (χ1v) is 10.7. The van der Waals surface area contributed by atoms with Crippen molar-refractivity contribution in [1.29, 1.82) is 0 Å². The fourth-order valence-electron chi connectivity index (χ4n) is 2.19. The summed E-state index contributed by atoms with van der Waals surface area (Å²) in [6.07, 6.45) is 3.23. The predicted molar refractivity (Wildman–Crippen MR) is 91.7 cm³/mol. The van der Waals surface area contributed by atoms with E-state index < -0.39 is 8.56 Å². The highest BCUT2D eigenvalue weighted by atomic mass is 28.4. The SMILES string of the molecule is CCCO[Si](C)(CCCNCc1ccccc1)OCCC. The lowest BCUT2D eigenvalue weighted by atomic mass is 10.2. The average molecular weight is 310 g/mol. The maximum Gasteiger partial charge on any atom is 0.334 e. The summed E-state index contributed by atoms with van der Waals surface area (Å²) in [4.78, 5) is 0. The quantitative estimate of drug-likeness (QED) is 0.466. The van der Waals surface area contributed by atoms with Crippen LogP contribution < -0.4 is 5.32 Å². The molecule has 21 heavy (non-hydrogen) atoms. The van der Waals surface area contributed by atoms with Gasteiger partial charge >= 0.3 is 8.56 Å². The summed E-state index contributed by atoms with van der Waals surface area (Å²) in [5.74, 6) is 0. The van der Waals surface area contributed by atoms with Crippen molar-refractivity contribution in [1.82, 2.24) is 5.32 Å². The molecule has 0 aliphatic heterocycles.